The topological polar surface area (TPSA) is 100 Å². The Labute approximate surface area is 229 Å². The second-order valence-electron chi connectivity index (χ2n) is 9.76. The zero-order valence-corrected chi connectivity index (χ0v) is 22.1. The lowest BCUT2D eigenvalue weighted by molar-refractivity contribution is -0.138. The van der Waals surface area contributed by atoms with Crippen molar-refractivity contribution in [3.05, 3.63) is 66.2 Å². The van der Waals surface area contributed by atoms with Gasteiger partial charge in [0, 0.05) is 24.1 Å². The van der Waals surface area contributed by atoms with Gasteiger partial charge in [-0.1, -0.05) is 12.5 Å². The number of likely N-dealkylation sites (tertiary alicyclic amines) is 1. The van der Waals surface area contributed by atoms with Crippen LogP contribution < -0.4 is 16.0 Å². The van der Waals surface area contributed by atoms with Crippen molar-refractivity contribution in [2.75, 3.05) is 42.6 Å². The highest BCUT2D eigenvalue weighted by Gasteiger charge is 2.33. The minimum absolute atomic E-state index is 0.0751. The van der Waals surface area contributed by atoms with Gasteiger partial charge in [0.1, 0.15) is 12.7 Å². The molecule has 0 saturated carbocycles. The van der Waals surface area contributed by atoms with Crippen LogP contribution in [0.15, 0.2) is 55.1 Å². The Morgan fingerprint density at radius 2 is 1.68 bits per heavy atom. The molecule has 12 heteroatoms. The van der Waals surface area contributed by atoms with Crippen LogP contribution in [0.1, 0.15) is 36.8 Å². The van der Waals surface area contributed by atoms with Gasteiger partial charge in [-0.15, -0.1) is 0 Å². The summed E-state index contributed by atoms with van der Waals surface area (Å²) in [5.41, 5.74) is 2.08. The predicted molar refractivity (Wildman–Crippen MR) is 149 cm³/mol. The second kappa shape index (κ2) is 11.9. The number of rotatable bonds is 8. The van der Waals surface area contributed by atoms with E-state index in [1.165, 1.54) is 24.9 Å². The molecule has 0 bridgehead atoms. The Balaban J connectivity index is 1.22. The normalized spacial score (nSPS) is 14.3. The van der Waals surface area contributed by atoms with Crippen LogP contribution in [0.25, 0.3) is 16.9 Å². The maximum Gasteiger partial charge on any atom is 0.416 e. The number of hydrogen-bond donors (Lipinski definition) is 3. The number of halogens is 3. The number of nitrogens with zero attached hydrogens (tertiary/aromatic N) is 5. The number of benzene rings is 2. The number of aryl methyl sites for hydroxylation is 1. The highest BCUT2D eigenvalue weighted by molar-refractivity contribution is 5.99. The van der Waals surface area contributed by atoms with Crippen LogP contribution in [0, 0.1) is 0 Å². The van der Waals surface area contributed by atoms with E-state index in [1.54, 1.807) is 42.2 Å². The lowest BCUT2D eigenvalue weighted by Gasteiger charge is -2.26. The number of nitrogens with one attached hydrogen (secondary N) is 3. The maximum atomic E-state index is 13.8. The van der Waals surface area contributed by atoms with E-state index in [2.05, 4.69) is 35.8 Å². The average Bonchev–Trinajstić information content (AvgIpc) is 3.38. The maximum absolute atomic E-state index is 13.8. The number of alkyl halides is 3. The van der Waals surface area contributed by atoms with Crippen molar-refractivity contribution in [2.24, 2.45) is 0 Å². The molecule has 5 rings (SSSR count). The Kier molecular flexibility index (Phi) is 8.15. The summed E-state index contributed by atoms with van der Waals surface area (Å²) in [4.78, 5) is 27.7. The number of carbonyl (C=O) groups excluding carboxylic acids is 1. The first-order valence-corrected chi connectivity index (χ1v) is 13.3. The minimum atomic E-state index is -4.51. The number of urea groups is 1. The van der Waals surface area contributed by atoms with Crippen molar-refractivity contribution >= 4 is 34.4 Å². The molecule has 0 unspecified atom stereocenters. The number of hydrogen-bond acceptors (Lipinski definition) is 6. The third-order valence-corrected chi connectivity index (χ3v) is 7.02. The molecule has 1 fully saturated rings. The molecule has 3 N–H and O–H groups in total. The Bertz CT molecular complexity index is 1460. The second-order valence-corrected chi connectivity index (χ2v) is 9.76. The molecule has 0 atom stereocenters. The third-order valence-electron chi connectivity index (χ3n) is 7.02. The van der Waals surface area contributed by atoms with Crippen molar-refractivity contribution in [2.45, 2.75) is 38.3 Å². The van der Waals surface area contributed by atoms with Gasteiger partial charge in [-0.3, -0.25) is 4.57 Å². The van der Waals surface area contributed by atoms with Crippen LogP contribution in [0.2, 0.25) is 0 Å². The fourth-order valence-electron chi connectivity index (χ4n) is 5.02. The van der Waals surface area contributed by atoms with Crippen LogP contribution in [0.3, 0.4) is 0 Å². The third kappa shape index (κ3) is 6.33. The van der Waals surface area contributed by atoms with E-state index >= 15 is 0 Å². The van der Waals surface area contributed by atoms with Gasteiger partial charge in [0.25, 0.3) is 0 Å². The number of aromatic nitrogens is 4. The summed E-state index contributed by atoms with van der Waals surface area (Å²) in [6.45, 7) is 2.82. The van der Waals surface area contributed by atoms with Gasteiger partial charge < -0.3 is 20.9 Å². The Morgan fingerprint density at radius 1 is 0.950 bits per heavy atom. The molecule has 2 aromatic carbocycles. The van der Waals surface area contributed by atoms with E-state index in [1.807, 2.05) is 0 Å². The van der Waals surface area contributed by atoms with E-state index in [9.17, 15) is 18.0 Å². The SMILES string of the molecule is CNc1ncnc2c1ncn2-c1ccc(NC(=O)Nc2ccc(CCCN3CCCCC3)c(C(F)(F)F)c2)cc1. The minimum Gasteiger partial charge on any atom is -0.371 e. The number of carbonyl (C=O) groups is 1. The van der Waals surface area contributed by atoms with Crippen LogP contribution in [-0.4, -0.2) is 57.1 Å². The first-order chi connectivity index (χ1) is 19.3. The van der Waals surface area contributed by atoms with Gasteiger partial charge in [-0.2, -0.15) is 13.2 Å². The summed E-state index contributed by atoms with van der Waals surface area (Å²) in [5.74, 6) is 0.609. The lowest BCUT2D eigenvalue weighted by atomic mass is 10.0. The molecule has 1 aliphatic heterocycles. The van der Waals surface area contributed by atoms with Gasteiger partial charge in [0.2, 0.25) is 0 Å². The van der Waals surface area contributed by atoms with Gasteiger partial charge in [0.15, 0.2) is 17.0 Å². The van der Waals surface area contributed by atoms with Gasteiger partial charge >= 0.3 is 12.2 Å². The summed E-state index contributed by atoms with van der Waals surface area (Å²) in [7, 11) is 1.75. The van der Waals surface area contributed by atoms with Crippen molar-refractivity contribution in [3.63, 3.8) is 0 Å². The quantitative estimate of drug-likeness (QED) is 0.250. The molecular formula is C28H31F3N8O. The van der Waals surface area contributed by atoms with Crippen molar-refractivity contribution in [1.29, 1.82) is 0 Å². The van der Waals surface area contributed by atoms with Crippen molar-refractivity contribution < 1.29 is 18.0 Å². The molecule has 0 radical (unpaired) electrons. The molecule has 2 aromatic heterocycles. The van der Waals surface area contributed by atoms with Gasteiger partial charge in [-0.25, -0.2) is 19.7 Å². The average molecular weight is 553 g/mol. The molecule has 4 aromatic rings. The van der Waals surface area contributed by atoms with Gasteiger partial charge in [0.05, 0.1) is 5.56 Å². The molecule has 0 spiro atoms. The molecule has 1 saturated heterocycles. The first kappa shape index (κ1) is 27.4. The molecule has 40 heavy (non-hydrogen) atoms. The number of imidazole rings is 1. The largest absolute Gasteiger partial charge is 0.416 e. The summed E-state index contributed by atoms with van der Waals surface area (Å²) >= 11 is 0. The molecule has 2 amide bonds. The zero-order chi connectivity index (χ0) is 28.1. The highest BCUT2D eigenvalue weighted by Crippen LogP contribution is 2.34. The van der Waals surface area contributed by atoms with Crippen LogP contribution in [0.4, 0.5) is 35.2 Å². The number of piperidine rings is 1. The number of amides is 2. The summed E-state index contributed by atoms with van der Waals surface area (Å²) in [6, 6.07) is 10.3. The fraction of sp³-hybridized carbons (Fsp3) is 0.357. The van der Waals surface area contributed by atoms with Crippen molar-refractivity contribution in [3.8, 4) is 5.69 Å². The summed E-state index contributed by atoms with van der Waals surface area (Å²) in [5, 5.41) is 8.16. The van der Waals surface area contributed by atoms with E-state index in [0.29, 0.717) is 35.5 Å². The standard InChI is InChI=1S/C28H31F3N8O/c1-32-25-24-26(34-17-33-25)39(18-35-24)22-11-9-20(10-12-22)36-27(40)37-21-8-7-19(23(16-21)28(29,30)31)6-5-15-38-13-3-2-4-14-38/h7-12,16-18H,2-6,13-15H2,1H3,(H,32,33,34)(H2,36,37,40). The highest BCUT2D eigenvalue weighted by atomic mass is 19.4. The Hall–Kier alpha value is -4.19. The van der Waals surface area contributed by atoms with Crippen LogP contribution >= 0.6 is 0 Å². The van der Waals surface area contributed by atoms with Crippen molar-refractivity contribution in [1.82, 2.24) is 24.4 Å². The van der Waals surface area contributed by atoms with E-state index < -0.39 is 17.8 Å². The number of anilines is 3. The smallest absolute Gasteiger partial charge is 0.371 e. The molecule has 1 aliphatic rings. The number of fused-ring (bicyclic) bond motifs is 1. The lowest BCUT2D eigenvalue weighted by Crippen LogP contribution is -2.30. The molecule has 0 aliphatic carbocycles. The van der Waals surface area contributed by atoms with Crippen LogP contribution in [0.5, 0.6) is 0 Å². The van der Waals surface area contributed by atoms with E-state index in [4.69, 9.17) is 0 Å². The first-order valence-electron chi connectivity index (χ1n) is 13.3. The van der Waals surface area contributed by atoms with E-state index in [0.717, 1.165) is 44.2 Å². The molecule has 210 valence electrons. The van der Waals surface area contributed by atoms with Crippen LogP contribution in [-0.2, 0) is 12.6 Å². The van der Waals surface area contributed by atoms with E-state index in [-0.39, 0.29) is 11.3 Å². The monoisotopic (exact) mass is 552 g/mol. The summed E-state index contributed by atoms with van der Waals surface area (Å²) in [6.07, 6.45) is 3.07. The zero-order valence-electron chi connectivity index (χ0n) is 22.1. The molecular weight excluding hydrogens is 521 g/mol. The predicted octanol–water partition coefficient (Wildman–Crippen LogP) is 5.94. The summed E-state index contributed by atoms with van der Waals surface area (Å²) < 4.78 is 43.3. The molecule has 9 nitrogen and oxygen atoms in total. The Morgan fingerprint density at radius 3 is 2.40 bits per heavy atom. The fourth-order valence-corrected chi connectivity index (χ4v) is 5.02. The molecule has 3 heterocycles. The van der Waals surface area contributed by atoms with Gasteiger partial charge in [-0.05, 0) is 87.3 Å².